The fourth-order valence-corrected chi connectivity index (χ4v) is 1.61. The summed E-state index contributed by atoms with van der Waals surface area (Å²) in [6, 6.07) is 6.42. The van der Waals surface area contributed by atoms with Crippen molar-refractivity contribution in [2.45, 2.75) is 20.5 Å². The predicted molar refractivity (Wildman–Crippen MR) is 66.1 cm³/mol. The van der Waals surface area contributed by atoms with Gasteiger partial charge < -0.3 is 9.84 Å². The number of halogens is 1. The Kier molecular flexibility index (Phi) is 3.58. The summed E-state index contributed by atoms with van der Waals surface area (Å²) in [5, 5.41) is 8.98. The van der Waals surface area contributed by atoms with Crippen molar-refractivity contribution in [1.82, 2.24) is 4.98 Å². The molecule has 0 saturated carbocycles. The maximum Gasteiger partial charge on any atom is 0.222 e. The lowest BCUT2D eigenvalue weighted by atomic mass is 10.2. The molecular weight excluding hydrogens is 233 g/mol. The number of ether oxygens (including phenoxy) is 1. The molecule has 4 heteroatoms. The number of aliphatic hydroxyl groups is 1. The molecule has 0 bridgehead atoms. The van der Waals surface area contributed by atoms with Gasteiger partial charge in [0.15, 0.2) is 11.6 Å². The lowest BCUT2D eigenvalue weighted by Gasteiger charge is -2.09. The van der Waals surface area contributed by atoms with Gasteiger partial charge in [-0.1, -0.05) is 6.07 Å². The summed E-state index contributed by atoms with van der Waals surface area (Å²) < 4.78 is 19.0. The highest BCUT2D eigenvalue weighted by Crippen LogP contribution is 2.26. The largest absolute Gasteiger partial charge is 0.436 e. The van der Waals surface area contributed by atoms with Crippen molar-refractivity contribution >= 4 is 0 Å². The van der Waals surface area contributed by atoms with E-state index in [1.54, 1.807) is 25.1 Å². The summed E-state index contributed by atoms with van der Waals surface area (Å²) >= 11 is 0. The second-order valence-corrected chi connectivity index (χ2v) is 4.16. The van der Waals surface area contributed by atoms with Crippen LogP contribution in [0.15, 0.2) is 30.5 Å². The van der Waals surface area contributed by atoms with E-state index in [4.69, 9.17) is 9.84 Å². The van der Waals surface area contributed by atoms with E-state index < -0.39 is 5.82 Å². The first-order valence-electron chi connectivity index (χ1n) is 5.60. The first-order valence-corrected chi connectivity index (χ1v) is 5.60. The topological polar surface area (TPSA) is 42.4 Å². The molecule has 0 amide bonds. The average molecular weight is 247 g/mol. The van der Waals surface area contributed by atoms with Gasteiger partial charge in [-0.3, -0.25) is 0 Å². The molecule has 18 heavy (non-hydrogen) atoms. The van der Waals surface area contributed by atoms with Crippen LogP contribution in [-0.2, 0) is 6.61 Å². The Balaban J connectivity index is 2.31. The van der Waals surface area contributed by atoms with Crippen LogP contribution in [0, 0.1) is 19.7 Å². The van der Waals surface area contributed by atoms with E-state index >= 15 is 0 Å². The van der Waals surface area contributed by atoms with Crippen molar-refractivity contribution in [3.63, 3.8) is 0 Å². The highest BCUT2D eigenvalue weighted by molar-refractivity contribution is 5.36. The Labute approximate surface area is 105 Å². The Hall–Kier alpha value is -1.94. The molecule has 94 valence electrons. The monoisotopic (exact) mass is 247 g/mol. The smallest absolute Gasteiger partial charge is 0.222 e. The first kappa shape index (κ1) is 12.5. The quantitative estimate of drug-likeness (QED) is 0.906. The van der Waals surface area contributed by atoms with Crippen LogP contribution in [0.3, 0.4) is 0 Å². The summed E-state index contributed by atoms with van der Waals surface area (Å²) in [5.74, 6) is 0.0760. The van der Waals surface area contributed by atoms with E-state index in [1.165, 1.54) is 12.3 Å². The molecule has 0 aliphatic rings. The van der Waals surface area contributed by atoms with Crippen LogP contribution in [0.1, 0.15) is 16.7 Å². The van der Waals surface area contributed by atoms with Crippen molar-refractivity contribution in [3.8, 4) is 11.6 Å². The Morgan fingerprint density at radius 1 is 1.28 bits per heavy atom. The fourth-order valence-electron chi connectivity index (χ4n) is 1.61. The van der Waals surface area contributed by atoms with E-state index in [0.29, 0.717) is 11.4 Å². The predicted octanol–water partition coefficient (Wildman–Crippen LogP) is 3.12. The molecule has 1 N–H and O–H groups in total. The zero-order valence-corrected chi connectivity index (χ0v) is 10.3. The Morgan fingerprint density at radius 2 is 2.06 bits per heavy atom. The number of aliphatic hydroxyl groups excluding tert-OH is 1. The number of pyridine rings is 1. The molecule has 1 aromatic heterocycles. The zero-order chi connectivity index (χ0) is 13.1. The van der Waals surface area contributed by atoms with Gasteiger partial charge in [0, 0.05) is 11.8 Å². The summed E-state index contributed by atoms with van der Waals surface area (Å²) in [6.07, 6.45) is 1.51. The minimum Gasteiger partial charge on any atom is -0.436 e. The van der Waals surface area contributed by atoms with Gasteiger partial charge in [0.2, 0.25) is 5.88 Å². The zero-order valence-electron chi connectivity index (χ0n) is 10.3. The summed E-state index contributed by atoms with van der Waals surface area (Å²) in [5.41, 5.74) is 2.36. The number of nitrogens with zero attached hydrogens (tertiary/aromatic N) is 1. The normalized spacial score (nSPS) is 10.4. The number of benzene rings is 1. The van der Waals surface area contributed by atoms with Crippen molar-refractivity contribution in [2.24, 2.45) is 0 Å². The van der Waals surface area contributed by atoms with Gasteiger partial charge in [-0.2, -0.15) is 0 Å². The average Bonchev–Trinajstić information content (AvgIpc) is 2.36. The van der Waals surface area contributed by atoms with Crippen molar-refractivity contribution in [1.29, 1.82) is 0 Å². The van der Waals surface area contributed by atoms with Gasteiger partial charge in [-0.15, -0.1) is 0 Å². The number of hydrogen-bond donors (Lipinski definition) is 1. The lowest BCUT2D eigenvalue weighted by molar-refractivity contribution is 0.281. The van der Waals surface area contributed by atoms with E-state index in [1.807, 2.05) is 6.92 Å². The molecule has 0 fully saturated rings. The van der Waals surface area contributed by atoms with Crippen LogP contribution in [0.5, 0.6) is 11.6 Å². The van der Waals surface area contributed by atoms with Gasteiger partial charge in [0.25, 0.3) is 0 Å². The number of aromatic nitrogens is 1. The molecule has 2 aromatic rings. The second-order valence-electron chi connectivity index (χ2n) is 4.16. The Morgan fingerprint density at radius 3 is 2.72 bits per heavy atom. The van der Waals surface area contributed by atoms with Crippen LogP contribution >= 0.6 is 0 Å². The van der Waals surface area contributed by atoms with E-state index in [2.05, 4.69) is 4.98 Å². The van der Waals surface area contributed by atoms with Crippen molar-refractivity contribution in [3.05, 3.63) is 53.0 Å². The molecular formula is C14H14FNO2. The van der Waals surface area contributed by atoms with Crippen molar-refractivity contribution < 1.29 is 14.2 Å². The van der Waals surface area contributed by atoms with E-state index in [9.17, 15) is 4.39 Å². The molecule has 0 atom stereocenters. The van der Waals surface area contributed by atoms with Crippen LogP contribution < -0.4 is 4.74 Å². The third kappa shape index (κ3) is 2.65. The third-order valence-electron chi connectivity index (χ3n) is 2.56. The molecule has 0 radical (unpaired) electrons. The third-order valence-corrected chi connectivity index (χ3v) is 2.56. The van der Waals surface area contributed by atoms with Crippen LogP contribution in [0.2, 0.25) is 0 Å². The lowest BCUT2D eigenvalue weighted by Crippen LogP contribution is -1.96. The molecule has 0 spiro atoms. The number of hydrogen-bond acceptors (Lipinski definition) is 3. The van der Waals surface area contributed by atoms with Crippen LogP contribution in [0.25, 0.3) is 0 Å². The molecule has 0 saturated heterocycles. The van der Waals surface area contributed by atoms with Gasteiger partial charge in [0.05, 0.1) is 6.61 Å². The van der Waals surface area contributed by atoms with Gasteiger partial charge in [-0.05, 0) is 43.2 Å². The van der Waals surface area contributed by atoms with Gasteiger partial charge in [-0.25, -0.2) is 9.37 Å². The molecule has 3 nitrogen and oxygen atoms in total. The highest BCUT2D eigenvalue weighted by atomic mass is 19.1. The minimum atomic E-state index is -0.423. The first-order chi connectivity index (χ1) is 8.60. The van der Waals surface area contributed by atoms with Gasteiger partial charge >= 0.3 is 0 Å². The van der Waals surface area contributed by atoms with Crippen LogP contribution in [0.4, 0.5) is 4.39 Å². The summed E-state index contributed by atoms with van der Waals surface area (Å²) in [4.78, 5) is 4.07. The van der Waals surface area contributed by atoms with E-state index in [0.717, 1.165) is 11.1 Å². The van der Waals surface area contributed by atoms with E-state index in [-0.39, 0.29) is 12.4 Å². The molecule has 0 aliphatic carbocycles. The van der Waals surface area contributed by atoms with Crippen LogP contribution in [-0.4, -0.2) is 10.1 Å². The standard InChI is InChI=1S/C14H14FNO2/c1-9-3-4-12(15)13(5-9)18-14-10(2)6-11(8-17)7-16-14/h3-7,17H,8H2,1-2H3. The highest BCUT2D eigenvalue weighted by Gasteiger charge is 2.08. The Bertz CT molecular complexity index is 570. The minimum absolute atomic E-state index is 0.0765. The van der Waals surface area contributed by atoms with Crippen molar-refractivity contribution in [2.75, 3.05) is 0 Å². The molecule has 1 heterocycles. The van der Waals surface area contributed by atoms with Gasteiger partial charge in [0.1, 0.15) is 0 Å². The number of aryl methyl sites for hydroxylation is 2. The molecule has 1 aromatic carbocycles. The fraction of sp³-hybridized carbons (Fsp3) is 0.214. The number of rotatable bonds is 3. The SMILES string of the molecule is Cc1ccc(F)c(Oc2ncc(CO)cc2C)c1. The second kappa shape index (κ2) is 5.14. The maximum absolute atomic E-state index is 13.5. The maximum atomic E-state index is 13.5. The molecule has 0 aliphatic heterocycles. The summed E-state index contributed by atoms with van der Waals surface area (Å²) in [6.45, 7) is 3.59. The molecule has 2 rings (SSSR count). The summed E-state index contributed by atoms with van der Waals surface area (Å²) in [7, 11) is 0. The molecule has 0 unspecified atom stereocenters.